The molecule has 18 heavy (non-hydrogen) atoms. The molecule has 1 atom stereocenters. The van der Waals surface area contributed by atoms with E-state index in [9.17, 15) is 4.79 Å². The first kappa shape index (κ1) is 12.8. The number of rotatable bonds is 3. The quantitative estimate of drug-likeness (QED) is 0.832. The van der Waals surface area contributed by atoms with Crippen molar-refractivity contribution in [2.75, 3.05) is 19.0 Å². The van der Waals surface area contributed by atoms with Gasteiger partial charge in [0, 0.05) is 11.8 Å². The first-order valence-electron chi connectivity index (χ1n) is 6.13. The molecule has 98 valence electrons. The number of anilines is 1. The average Bonchev–Trinajstić information content (AvgIpc) is 2.39. The Balaban J connectivity index is 2.03. The third kappa shape index (κ3) is 3.16. The van der Waals surface area contributed by atoms with Crippen LogP contribution in [0.2, 0.25) is 0 Å². The SMILES string of the molecule is COc1cc(C)nc(NC(=O)[C@@H]2CCCCN2)n1. The molecule has 2 heterocycles. The van der Waals surface area contributed by atoms with Crippen molar-refractivity contribution in [1.29, 1.82) is 0 Å². The molecule has 1 saturated heterocycles. The molecule has 0 bridgehead atoms. The molecule has 6 heteroatoms. The minimum Gasteiger partial charge on any atom is -0.481 e. The number of amides is 1. The number of nitrogens with zero attached hydrogens (tertiary/aromatic N) is 2. The number of nitrogens with one attached hydrogen (secondary N) is 2. The molecule has 1 aromatic rings. The van der Waals surface area contributed by atoms with Crippen LogP contribution in [0.4, 0.5) is 5.95 Å². The summed E-state index contributed by atoms with van der Waals surface area (Å²) in [6.45, 7) is 2.72. The fourth-order valence-corrected chi connectivity index (χ4v) is 1.97. The van der Waals surface area contributed by atoms with Crippen LogP contribution in [0.3, 0.4) is 0 Å². The van der Waals surface area contributed by atoms with E-state index < -0.39 is 0 Å². The molecule has 6 nitrogen and oxygen atoms in total. The summed E-state index contributed by atoms with van der Waals surface area (Å²) in [5.74, 6) is 0.668. The third-order valence-corrected chi connectivity index (χ3v) is 2.90. The van der Waals surface area contributed by atoms with E-state index in [-0.39, 0.29) is 11.9 Å². The average molecular weight is 250 g/mol. The second kappa shape index (κ2) is 5.77. The molecule has 1 fully saturated rings. The summed E-state index contributed by atoms with van der Waals surface area (Å²) in [5.41, 5.74) is 0.758. The highest BCUT2D eigenvalue weighted by Gasteiger charge is 2.21. The van der Waals surface area contributed by atoms with Crippen LogP contribution in [-0.4, -0.2) is 35.6 Å². The number of hydrogen-bond acceptors (Lipinski definition) is 5. The normalized spacial score (nSPS) is 19.3. The molecule has 0 aromatic carbocycles. The molecule has 0 radical (unpaired) electrons. The maximum absolute atomic E-state index is 12.0. The minimum absolute atomic E-state index is 0.0812. The van der Waals surface area contributed by atoms with Crippen LogP contribution in [0.25, 0.3) is 0 Å². The van der Waals surface area contributed by atoms with E-state index >= 15 is 0 Å². The van der Waals surface area contributed by atoms with Gasteiger partial charge in [-0.1, -0.05) is 6.42 Å². The summed E-state index contributed by atoms with van der Waals surface area (Å²) in [6, 6.07) is 1.57. The van der Waals surface area contributed by atoms with E-state index in [0.717, 1.165) is 31.5 Å². The summed E-state index contributed by atoms with van der Waals surface area (Å²) in [4.78, 5) is 20.2. The lowest BCUT2D eigenvalue weighted by Crippen LogP contribution is -2.43. The van der Waals surface area contributed by atoms with Gasteiger partial charge in [-0.3, -0.25) is 10.1 Å². The summed E-state index contributed by atoms with van der Waals surface area (Å²) in [5, 5.41) is 5.91. The summed E-state index contributed by atoms with van der Waals surface area (Å²) < 4.78 is 5.04. The topological polar surface area (TPSA) is 76.1 Å². The van der Waals surface area contributed by atoms with Crippen LogP contribution in [0.15, 0.2) is 6.07 Å². The van der Waals surface area contributed by atoms with Crippen molar-refractivity contribution >= 4 is 11.9 Å². The zero-order chi connectivity index (χ0) is 13.0. The molecular formula is C12H18N4O2. The van der Waals surface area contributed by atoms with Crippen molar-refractivity contribution in [2.45, 2.75) is 32.2 Å². The molecule has 1 amide bonds. The molecule has 0 spiro atoms. The first-order valence-corrected chi connectivity index (χ1v) is 6.13. The van der Waals surface area contributed by atoms with Crippen LogP contribution < -0.4 is 15.4 Å². The van der Waals surface area contributed by atoms with Crippen molar-refractivity contribution in [1.82, 2.24) is 15.3 Å². The van der Waals surface area contributed by atoms with Gasteiger partial charge in [-0.2, -0.15) is 4.98 Å². The van der Waals surface area contributed by atoms with Crippen LogP contribution in [-0.2, 0) is 4.79 Å². The third-order valence-electron chi connectivity index (χ3n) is 2.90. The number of piperidine rings is 1. The maximum atomic E-state index is 12.0. The lowest BCUT2D eigenvalue weighted by molar-refractivity contribution is -0.118. The van der Waals surface area contributed by atoms with Gasteiger partial charge in [0.05, 0.1) is 13.2 Å². The molecule has 1 aliphatic rings. The highest BCUT2D eigenvalue weighted by molar-refractivity contribution is 5.93. The van der Waals surface area contributed by atoms with E-state index in [1.807, 2.05) is 6.92 Å². The van der Waals surface area contributed by atoms with Crippen molar-refractivity contribution in [3.05, 3.63) is 11.8 Å². The van der Waals surface area contributed by atoms with Crippen LogP contribution in [0.1, 0.15) is 25.0 Å². The number of aromatic nitrogens is 2. The zero-order valence-electron chi connectivity index (χ0n) is 10.7. The van der Waals surface area contributed by atoms with Crippen molar-refractivity contribution in [3.8, 4) is 5.88 Å². The van der Waals surface area contributed by atoms with Crippen LogP contribution in [0, 0.1) is 6.92 Å². The second-order valence-electron chi connectivity index (χ2n) is 4.37. The van der Waals surface area contributed by atoms with E-state index in [0.29, 0.717) is 11.8 Å². The Kier molecular flexibility index (Phi) is 4.09. The van der Waals surface area contributed by atoms with Gasteiger partial charge in [0.25, 0.3) is 0 Å². The lowest BCUT2D eigenvalue weighted by Gasteiger charge is -2.22. The monoisotopic (exact) mass is 250 g/mol. The smallest absolute Gasteiger partial charge is 0.243 e. The molecule has 0 saturated carbocycles. The minimum atomic E-state index is -0.145. The highest BCUT2D eigenvalue weighted by Crippen LogP contribution is 2.13. The Morgan fingerprint density at radius 2 is 2.33 bits per heavy atom. The molecule has 1 aliphatic heterocycles. The molecule has 0 aliphatic carbocycles. The molecular weight excluding hydrogens is 232 g/mol. The van der Waals surface area contributed by atoms with Gasteiger partial charge < -0.3 is 10.1 Å². The van der Waals surface area contributed by atoms with Gasteiger partial charge in [-0.25, -0.2) is 4.98 Å². The Labute approximate surface area is 106 Å². The van der Waals surface area contributed by atoms with Gasteiger partial charge in [0.1, 0.15) is 0 Å². The van der Waals surface area contributed by atoms with Gasteiger partial charge in [0.15, 0.2) is 0 Å². The molecule has 2 rings (SSSR count). The lowest BCUT2D eigenvalue weighted by atomic mass is 10.0. The fraction of sp³-hybridized carbons (Fsp3) is 0.583. The zero-order valence-corrected chi connectivity index (χ0v) is 10.7. The fourth-order valence-electron chi connectivity index (χ4n) is 1.97. The van der Waals surface area contributed by atoms with Crippen LogP contribution >= 0.6 is 0 Å². The standard InChI is InChI=1S/C12H18N4O2/c1-8-7-10(18-2)15-12(14-8)16-11(17)9-5-3-4-6-13-9/h7,9,13H,3-6H2,1-2H3,(H,14,15,16,17)/t9-/m0/s1. The highest BCUT2D eigenvalue weighted by atomic mass is 16.5. The number of aryl methyl sites for hydroxylation is 1. The van der Waals surface area contributed by atoms with Crippen molar-refractivity contribution in [2.24, 2.45) is 0 Å². The van der Waals surface area contributed by atoms with E-state index in [1.54, 1.807) is 6.07 Å². The largest absolute Gasteiger partial charge is 0.481 e. The predicted octanol–water partition coefficient (Wildman–Crippen LogP) is 0.874. The van der Waals surface area contributed by atoms with Gasteiger partial charge in [-0.15, -0.1) is 0 Å². The van der Waals surface area contributed by atoms with Crippen molar-refractivity contribution in [3.63, 3.8) is 0 Å². The predicted molar refractivity (Wildman–Crippen MR) is 67.6 cm³/mol. The molecule has 1 aromatic heterocycles. The van der Waals surface area contributed by atoms with Crippen molar-refractivity contribution < 1.29 is 9.53 Å². The Hall–Kier alpha value is -1.69. The number of carbonyl (C=O) groups excluding carboxylic acids is 1. The number of methoxy groups -OCH3 is 1. The van der Waals surface area contributed by atoms with Gasteiger partial charge in [0.2, 0.25) is 17.7 Å². The Morgan fingerprint density at radius 1 is 1.50 bits per heavy atom. The van der Waals surface area contributed by atoms with Crippen LogP contribution in [0.5, 0.6) is 5.88 Å². The Morgan fingerprint density at radius 3 is 3.00 bits per heavy atom. The summed E-state index contributed by atoms with van der Waals surface area (Å²) in [7, 11) is 1.54. The number of hydrogen-bond donors (Lipinski definition) is 2. The molecule has 2 N–H and O–H groups in total. The number of ether oxygens (including phenoxy) is 1. The van der Waals surface area contributed by atoms with Gasteiger partial charge >= 0.3 is 0 Å². The van der Waals surface area contributed by atoms with Gasteiger partial charge in [-0.05, 0) is 26.3 Å². The maximum Gasteiger partial charge on any atom is 0.243 e. The molecule has 0 unspecified atom stereocenters. The van der Waals surface area contributed by atoms with E-state index in [2.05, 4.69) is 20.6 Å². The van der Waals surface area contributed by atoms with E-state index in [1.165, 1.54) is 7.11 Å². The first-order chi connectivity index (χ1) is 8.69. The Bertz CT molecular complexity index is 430. The number of carbonyl (C=O) groups is 1. The summed E-state index contributed by atoms with van der Waals surface area (Å²) >= 11 is 0. The van der Waals surface area contributed by atoms with E-state index in [4.69, 9.17) is 4.74 Å². The summed E-state index contributed by atoms with van der Waals surface area (Å²) in [6.07, 6.45) is 3.05. The second-order valence-corrected chi connectivity index (χ2v) is 4.37.